The molecule has 0 amide bonds. The van der Waals surface area contributed by atoms with E-state index in [1.54, 1.807) is 0 Å². The predicted octanol–water partition coefficient (Wildman–Crippen LogP) is 2.21. The number of aromatic nitrogens is 2. The van der Waals surface area contributed by atoms with Crippen molar-refractivity contribution in [1.82, 2.24) is 10.1 Å². The van der Waals surface area contributed by atoms with Gasteiger partial charge in [-0.05, 0) is 18.3 Å². The second-order valence-corrected chi connectivity index (χ2v) is 5.17. The summed E-state index contributed by atoms with van der Waals surface area (Å²) in [5.41, 5.74) is 0.00209. The van der Waals surface area contributed by atoms with Crippen LogP contribution in [0.25, 0.3) is 0 Å². The molecule has 0 radical (unpaired) electrons. The Bertz CT molecular complexity index is 439. The lowest BCUT2D eigenvalue weighted by Crippen LogP contribution is -1.90. The van der Waals surface area contributed by atoms with Gasteiger partial charge in [-0.3, -0.25) is 0 Å². The van der Waals surface area contributed by atoms with Crippen molar-refractivity contribution in [3.8, 4) is 6.07 Å². The van der Waals surface area contributed by atoms with Crippen molar-refractivity contribution in [3.05, 3.63) is 11.7 Å². The molecule has 0 N–H and O–H groups in total. The van der Waals surface area contributed by atoms with Gasteiger partial charge in [-0.1, -0.05) is 19.0 Å². The molecule has 1 heterocycles. The molecule has 2 aliphatic rings. The molecule has 15 heavy (non-hydrogen) atoms. The van der Waals surface area contributed by atoms with E-state index in [0.717, 1.165) is 5.82 Å². The first-order valence-electron chi connectivity index (χ1n) is 5.37. The van der Waals surface area contributed by atoms with Gasteiger partial charge in [0.05, 0.1) is 17.9 Å². The van der Waals surface area contributed by atoms with Gasteiger partial charge < -0.3 is 4.52 Å². The van der Waals surface area contributed by atoms with Crippen LogP contribution in [0.5, 0.6) is 0 Å². The molecule has 2 atom stereocenters. The molecule has 0 aromatic carbocycles. The quantitative estimate of drug-likeness (QED) is 0.739. The molecular formula is C11H13N3O. The van der Waals surface area contributed by atoms with E-state index in [0.29, 0.717) is 11.8 Å². The van der Waals surface area contributed by atoms with Crippen LogP contribution in [0.2, 0.25) is 0 Å². The Morgan fingerprint density at radius 2 is 2.20 bits per heavy atom. The maximum Gasteiger partial charge on any atom is 0.231 e. The molecule has 4 heteroatoms. The van der Waals surface area contributed by atoms with Gasteiger partial charge in [0.2, 0.25) is 5.89 Å². The lowest BCUT2D eigenvalue weighted by Gasteiger charge is -1.95. The Morgan fingerprint density at radius 3 is 2.73 bits per heavy atom. The summed E-state index contributed by atoms with van der Waals surface area (Å²) < 4.78 is 5.25. The SMILES string of the molecule is CC1(C)C(C#N)C1c1nc(C2CC2)no1. The predicted molar refractivity (Wildman–Crippen MR) is 51.9 cm³/mol. The molecule has 0 aliphatic heterocycles. The number of nitrogens with zero attached hydrogens (tertiary/aromatic N) is 3. The van der Waals surface area contributed by atoms with Crippen LogP contribution >= 0.6 is 0 Å². The van der Waals surface area contributed by atoms with Crippen molar-refractivity contribution in [3.63, 3.8) is 0 Å². The van der Waals surface area contributed by atoms with Crippen LogP contribution in [0.3, 0.4) is 0 Å². The molecule has 0 spiro atoms. The first kappa shape index (κ1) is 8.90. The maximum atomic E-state index is 8.96. The smallest absolute Gasteiger partial charge is 0.231 e. The van der Waals surface area contributed by atoms with Crippen LogP contribution in [0, 0.1) is 22.7 Å². The van der Waals surface area contributed by atoms with Crippen molar-refractivity contribution < 1.29 is 4.52 Å². The number of hydrogen-bond acceptors (Lipinski definition) is 4. The molecule has 2 unspecified atom stereocenters. The van der Waals surface area contributed by atoms with Crippen LogP contribution in [0.15, 0.2) is 4.52 Å². The first-order chi connectivity index (χ1) is 7.14. The van der Waals surface area contributed by atoms with Crippen LogP contribution in [0.4, 0.5) is 0 Å². The van der Waals surface area contributed by atoms with Crippen molar-refractivity contribution in [2.75, 3.05) is 0 Å². The minimum absolute atomic E-state index is 0.00209. The summed E-state index contributed by atoms with van der Waals surface area (Å²) in [6, 6.07) is 2.30. The molecule has 2 saturated carbocycles. The molecule has 3 rings (SSSR count). The molecule has 2 aliphatic carbocycles. The Balaban J connectivity index is 1.85. The molecule has 0 saturated heterocycles. The van der Waals surface area contributed by atoms with Gasteiger partial charge in [0.1, 0.15) is 0 Å². The van der Waals surface area contributed by atoms with Crippen molar-refractivity contribution in [2.45, 2.75) is 38.5 Å². The monoisotopic (exact) mass is 203 g/mol. The molecular weight excluding hydrogens is 190 g/mol. The Labute approximate surface area is 88.3 Å². The highest BCUT2D eigenvalue weighted by molar-refractivity contribution is 5.26. The van der Waals surface area contributed by atoms with E-state index in [-0.39, 0.29) is 17.3 Å². The van der Waals surface area contributed by atoms with Gasteiger partial charge in [-0.2, -0.15) is 10.2 Å². The Hall–Kier alpha value is -1.37. The highest BCUT2D eigenvalue weighted by Crippen LogP contribution is 2.63. The second kappa shape index (κ2) is 2.60. The van der Waals surface area contributed by atoms with Crippen molar-refractivity contribution in [2.24, 2.45) is 11.3 Å². The van der Waals surface area contributed by atoms with Gasteiger partial charge in [0.25, 0.3) is 0 Å². The summed E-state index contributed by atoms with van der Waals surface area (Å²) in [4.78, 5) is 4.40. The van der Waals surface area contributed by atoms with E-state index >= 15 is 0 Å². The largest absolute Gasteiger partial charge is 0.339 e. The molecule has 0 bridgehead atoms. The lowest BCUT2D eigenvalue weighted by molar-refractivity contribution is 0.363. The average molecular weight is 203 g/mol. The zero-order valence-corrected chi connectivity index (χ0v) is 8.90. The van der Waals surface area contributed by atoms with Crippen molar-refractivity contribution in [1.29, 1.82) is 5.26 Å². The van der Waals surface area contributed by atoms with E-state index in [4.69, 9.17) is 9.78 Å². The maximum absolute atomic E-state index is 8.96. The zero-order chi connectivity index (χ0) is 10.6. The third-order valence-corrected chi connectivity index (χ3v) is 3.63. The van der Waals surface area contributed by atoms with E-state index in [1.807, 2.05) is 0 Å². The normalized spacial score (nSPS) is 32.3. The second-order valence-electron chi connectivity index (χ2n) is 5.17. The van der Waals surface area contributed by atoms with E-state index in [2.05, 4.69) is 30.1 Å². The van der Waals surface area contributed by atoms with Gasteiger partial charge >= 0.3 is 0 Å². The zero-order valence-electron chi connectivity index (χ0n) is 8.90. The van der Waals surface area contributed by atoms with Crippen LogP contribution in [0.1, 0.15) is 50.2 Å². The van der Waals surface area contributed by atoms with E-state index < -0.39 is 0 Å². The number of nitriles is 1. The highest BCUT2D eigenvalue weighted by Gasteiger charge is 2.62. The van der Waals surface area contributed by atoms with Crippen LogP contribution < -0.4 is 0 Å². The minimum Gasteiger partial charge on any atom is -0.339 e. The topological polar surface area (TPSA) is 62.7 Å². The highest BCUT2D eigenvalue weighted by atomic mass is 16.5. The van der Waals surface area contributed by atoms with Gasteiger partial charge in [0.15, 0.2) is 5.82 Å². The summed E-state index contributed by atoms with van der Waals surface area (Å²) >= 11 is 0. The van der Waals surface area contributed by atoms with E-state index in [1.165, 1.54) is 12.8 Å². The van der Waals surface area contributed by atoms with Gasteiger partial charge in [0, 0.05) is 5.92 Å². The molecule has 1 aromatic heterocycles. The minimum atomic E-state index is 0.00209. The van der Waals surface area contributed by atoms with Crippen LogP contribution in [-0.4, -0.2) is 10.1 Å². The summed E-state index contributed by atoms with van der Waals surface area (Å²) in [5, 5.41) is 12.9. The molecule has 78 valence electrons. The molecule has 1 aromatic rings. The summed E-state index contributed by atoms with van der Waals surface area (Å²) in [6.45, 7) is 4.15. The fourth-order valence-electron chi connectivity index (χ4n) is 2.22. The first-order valence-corrected chi connectivity index (χ1v) is 5.37. The van der Waals surface area contributed by atoms with E-state index in [9.17, 15) is 0 Å². The van der Waals surface area contributed by atoms with Gasteiger partial charge in [-0.15, -0.1) is 0 Å². The average Bonchev–Trinajstić information content (AvgIpc) is 3.06. The summed E-state index contributed by atoms with van der Waals surface area (Å²) in [7, 11) is 0. The third kappa shape index (κ3) is 1.19. The van der Waals surface area contributed by atoms with Crippen LogP contribution in [-0.2, 0) is 0 Å². The Morgan fingerprint density at radius 1 is 1.47 bits per heavy atom. The number of rotatable bonds is 2. The fraction of sp³-hybridized carbons (Fsp3) is 0.727. The molecule has 4 nitrogen and oxygen atoms in total. The Kier molecular flexibility index (Phi) is 1.54. The summed E-state index contributed by atoms with van der Waals surface area (Å²) in [5.74, 6) is 2.19. The molecule has 2 fully saturated rings. The summed E-state index contributed by atoms with van der Waals surface area (Å²) in [6.07, 6.45) is 2.35. The number of hydrogen-bond donors (Lipinski definition) is 0. The fourth-order valence-corrected chi connectivity index (χ4v) is 2.22. The van der Waals surface area contributed by atoms with Gasteiger partial charge in [-0.25, -0.2) is 0 Å². The standard InChI is InChI=1S/C11H13N3O/c1-11(2)7(5-12)8(11)10-13-9(14-15-10)6-3-4-6/h6-8H,3-4H2,1-2H3. The van der Waals surface area contributed by atoms with Crippen molar-refractivity contribution >= 4 is 0 Å². The lowest BCUT2D eigenvalue weighted by atomic mass is 10.1. The third-order valence-electron chi connectivity index (χ3n) is 3.63.